The Morgan fingerprint density at radius 1 is 1.30 bits per heavy atom. The van der Waals surface area contributed by atoms with Gasteiger partial charge in [0.25, 0.3) is 5.56 Å². The first-order valence-corrected chi connectivity index (χ1v) is 6.32. The number of aryl methyl sites for hydroxylation is 1. The van der Waals surface area contributed by atoms with Crippen LogP contribution in [0.5, 0.6) is 0 Å². The minimum Gasteiger partial charge on any atom is -0.360 e. The molecule has 20 heavy (non-hydrogen) atoms. The molecule has 3 heterocycles. The maximum Gasteiger partial charge on any atom is 0.258 e. The molecular formula is C14H14N4O2. The monoisotopic (exact) mass is 270 g/mol. The number of hydrogen-bond donors (Lipinski definition) is 1. The Morgan fingerprint density at radius 2 is 2.20 bits per heavy atom. The molecule has 3 rings (SSSR count). The molecule has 0 saturated carbocycles. The normalized spacial score (nSPS) is 11.1. The highest BCUT2D eigenvalue weighted by molar-refractivity contribution is 5.37. The second-order valence-electron chi connectivity index (χ2n) is 4.55. The molecule has 0 aromatic carbocycles. The van der Waals surface area contributed by atoms with Gasteiger partial charge in [0, 0.05) is 24.9 Å². The molecule has 0 unspecified atom stereocenters. The fourth-order valence-corrected chi connectivity index (χ4v) is 2.01. The number of rotatable bonds is 4. The third-order valence-corrected chi connectivity index (χ3v) is 2.91. The van der Waals surface area contributed by atoms with Crippen LogP contribution in [0.1, 0.15) is 17.1 Å². The molecule has 0 aliphatic carbocycles. The summed E-state index contributed by atoms with van der Waals surface area (Å²) in [6.45, 7) is 2.93. The molecule has 3 aromatic rings. The lowest BCUT2D eigenvalue weighted by Gasteiger charge is -2.04. The average Bonchev–Trinajstić information content (AvgIpc) is 2.85. The Hall–Kier alpha value is -2.47. The highest BCUT2D eigenvalue weighted by atomic mass is 16.5. The van der Waals surface area contributed by atoms with Gasteiger partial charge in [-0.1, -0.05) is 11.2 Å². The molecular weight excluding hydrogens is 256 g/mol. The summed E-state index contributed by atoms with van der Waals surface area (Å²) in [4.78, 5) is 16.3. The standard InChI is InChI=1S/C14H14N4O2/c1-10-6-12(20-17-10)9-15-8-11-7-14(19)18-5-3-2-4-13(18)16-11/h2-7,15H,8-9H2,1H3. The second-order valence-corrected chi connectivity index (χ2v) is 4.55. The van der Waals surface area contributed by atoms with Gasteiger partial charge in [-0.25, -0.2) is 4.98 Å². The number of nitrogens with zero attached hydrogens (tertiary/aromatic N) is 3. The van der Waals surface area contributed by atoms with Gasteiger partial charge in [0.05, 0.1) is 17.9 Å². The zero-order chi connectivity index (χ0) is 13.9. The molecule has 0 saturated heterocycles. The van der Waals surface area contributed by atoms with Crippen molar-refractivity contribution in [2.24, 2.45) is 0 Å². The van der Waals surface area contributed by atoms with E-state index in [9.17, 15) is 4.79 Å². The minimum atomic E-state index is -0.0806. The number of aromatic nitrogens is 3. The van der Waals surface area contributed by atoms with Crippen molar-refractivity contribution in [3.8, 4) is 0 Å². The summed E-state index contributed by atoms with van der Waals surface area (Å²) in [5.74, 6) is 0.764. The van der Waals surface area contributed by atoms with E-state index >= 15 is 0 Å². The van der Waals surface area contributed by atoms with Crippen LogP contribution in [0.4, 0.5) is 0 Å². The lowest BCUT2D eigenvalue weighted by molar-refractivity contribution is 0.369. The van der Waals surface area contributed by atoms with Gasteiger partial charge in [0.2, 0.25) is 0 Å². The predicted molar refractivity (Wildman–Crippen MR) is 73.2 cm³/mol. The smallest absolute Gasteiger partial charge is 0.258 e. The van der Waals surface area contributed by atoms with Gasteiger partial charge >= 0.3 is 0 Å². The molecule has 1 N–H and O–H groups in total. The summed E-state index contributed by atoms with van der Waals surface area (Å²) in [6.07, 6.45) is 1.71. The zero-order valence-corrected chi connectivity index (χ0v) is 11.0. The van der Waals surface area contributed by atoms with Crippen LogP contribution in [0.3, 0.4) is 0 Å². The summed E-state index contributed by atoms with van der Waals surface area (Å²) < 4.78 is 6.61. The van der Waals surface area contributed by atoms with E-state index in [-0.39, 0.29) is 5.56 Å². The molecule has 0 spiro atoms. The van der Waals surface area contributed by atoms with Gasteiger partial charge in [0.15, 0.2) is 5.76 Å². The summed E-state index contributed by atoms with van der Waals surface area (Å²) in [6, 6.07) is 8.88. The van der Waals surface area contributed by atoms with Crippen LogP contribution < -0.4 is 10.9 Å². The summed E-state index contributed by atoms with van der Waals surface area (Å²) in [7, 11) is 0. The van der Waals surface area contributed by atoms with Crippen LogP contribution in [-0.4, -0.2) is 14.5 Å². The molecule has 3 aromatic heterocycles. The molecule has 0 bridgehead atoms. The van der Waals surface area contributed by atoms with E-state index in [1.54, 1.807) is 12.3 Å². The molecule has 102 valence electrons. The Morgan fingerprint density at radius 3 is 3.00 bits per heavy atom. The van der Waals surface area contributed by atoms with Crippen molar-refractivity contribution in [2.45, 2.75) is 20.0 Å². The molecule has 0 atom stereocenters. The minimum absolute atomic E-state index is 0.0806. The topological polar surface area (TPSA) is 72.4 Å². The van der Waals surface area contributed by atoms with Crippen molar-refractivity contribution >= 4 is 5.65 Å². The maximum absolute atomic E-state index is 11.9. The van der Waals surface area contributed by atoms with E-state index in [2.05, 4.69) is 15.5 Å². The van der Waals surface area contributed by atoms with E-state index in [4.69, 9.17) is 4.52 Å². The van der Waals surface area contributed by atoms with Crippen LogP contribution in [0, 0.1) is 6.92 Å². The van der Waals surface area contributed by atoms with E-state index in [1.807, 2.05) is 25.1 Å². The predicted octanol–water partition coefficient (Wildman–Crippen LogP) is 1.28. The Balaban J connectivity index is 1.73. The van der Waals surface area contributed by atoms with Gasteiger partial charge in [-0.3, -0.25) is 9.20 Å². The lowest BCUT2D eigenvalue weighted by atomic mass is 10.3. The number of fused-ring (bicyclic) bond motifs is 1. The summed E-state index contributed by atoms with van der Waals surface area (Å²) in [5.41, 5.74) is 2.12. The zero-order valence-electron chi connectivity index (χ0n) is 11.0. The number of hydrogen-bond acceptors (Lipinski definition) is 5. The third-order valence-electron chi connectivity index (χ3n) is 2.91. The van der Waals surface area contributed by atoms with Gasteiger partial charge in [-0.15, -0.1) is 0 Å². The van der Waals surface area contributed by atoms with Crippen LogP contribution in [-0.2, 0) is 13.1 Å². The first-order valence-electron chi connectivity index (χ1n) is 6.32. The van der Waals surface area contributed by atoms with E-state index in [0.717, 1.165) is 11.5 Å². The van der Waals surface area contributed by atoms with Gasteiger partial charge in [-0.05, 0) is 19.1 Å². The lowest BCUT2D eigenvalue weighted by Crippen LogP contribution is -2.19. The molecule has 6 heteroatoms. The Bertz CT molecular complexity index is 791. The SMILES string of the molecule is Cc1cc(CNCc2cc(=O)n3ccccc3n2)on1. The van der Waals surface area contributed by atoms with Crippen LogP contribution in [0.15, 0.2) is 45.8 Å². The van der Waals surface area contributed by atoms with E-state index in [0.29, 0.717) is 24.4 Å². The van der Waals surface area contributed by atoms with Crippen molar-refractivity contribution in [2.75, 3.05) is 0 Å². The third kappa shape index (κ3) is 2.60. The molecule has 6 nitrogen and oxygen atoms in total. The average molecular weight is 270 g/mol. The molecule has 0 aliphatic rings. The highest BCUT2D eigenvalue weighted by Crippen LogP contribution is 2.02. The molecule has 0 aliphatic heterocycles. The molecule has 0 fully saturated rings. The van der Waals surface area contributed by atoms with Crippen molar-refractivity contribution in [3.05, 3.63) is 64.0 Å². The van der Waals surface area contributed by atoms with E-state index in [1.165, 1.54) is 10.5 Å². The van der Waals surface area contributed by atoms with Crippen LogP contribution in [0.2, 0.25) is 0 Å². The van der Waals surface area contributed by atoms with Crippen LogP contribution >= 0.6 is 0 Å². The van der Waals surface area contributed by atoms with Crippen molar-refractivity contribution < 1.29 is 4.52 Å². The quantitative estimate of drug-likeness (QED) is 0.773. The maximum atomic E-state index is 11.9. The first kappa shape index (κ1) is 12.6. The fraction of sp³-hybridized carbons (Fsp3) is 0.214. The largest absolute Gasteiger partial charge is 0.360 e. The molecule has 0 amide bonds. The van der Waals surface area contributed by atoms with Crippen molar-refractivity contribution in [1.82, 2.24) is 19.9 Å². The fourth-order valence-electron chi connectivity index (χ4n) is 2.01. The van der Waals surface area contributed by atoms with E-state index < -0.39 is 0 Å². The number of pyridine rings is 1. The van der Waals surface area contributed by atoms with Crippen molar-refractivity contribution in [1.29, 1.82) is 0 Å². The van der Waals surface area contributed by atoms with Gasteiger partial charge < -0.3 is 9.84 Å². The van der Waals surface area contributed by atoms with Crippen LogP contribution in [0.25, 0.3) is 5.65 Å². The number of nitrogens with one attached hydrogen (secondary N) is 1. The van der Waals surface area contributed by atoms with Gasteiger partial charge in [-0.2, -0.15) is 0 Å². The van der Waals surface area contributed by atoms with Crippen molar-refractivity contribution in [3.63, 3.8) is 0 Å². The Kier molecular flexibility index (Phi) is 3.30. The second kappa shape index (κ2) is 5.26. The highest BCUT2D eigenvalue weighted by Gasteiger charge is 2.03. The first-order chi connectivity index (χ1) is 9.72. The Labute approximate surface area is 115 Å². The summed E-state index contributed by atoms with van der Waals surface area (Å²) >= 11 is 0. The molecule has 0 radical (unpaired) electrons. The summed E-state index contributed by atoms with van der Waals surface area (Å²) in [5, 5.41) is 6.99. The van der Waals surface area contributed by atoms with Gasteiger partial charge in [0.1, 0.15) is 5.65 Å².